The number of thiophene rings is 1. The van der Waals surface area contributed by atoms with E-state index < -0.39 is 10.0 Å². The summed E-state index contributed by atoms with van der Waals surface area (Å²) in [5.74, 6) is 6.00. The zero-order chi connectivity index (χ0) is 25.4. The standard InChI is InChI=1S/C27H22N6O2S2/c1-18-5-2-3-7-25(18)37(34,35)30-10-4-6-22-12-21(15-36-22)26-24-13-20-11-19(14-33-17-28-16-29-33)8-9-23(20)27(24)32-31-26/h2-3,5,7-9,11-12,15-17,30H,10,13-14H2,1H3,(H,31,32). The van der Waals surface area contributed by atoms with Crippen LogP contribution in [0.2, 0.25) is 0 Å². The zero-order valence-corrected chi connectivity index (χ0v) is 21.5. The minimum atomic E-state index is -3.60. The van der Waals surface area contributed by atoms with Crippen LogP contribution in [0.1, 0.15) is 27.1 Å². The number of nitrogens with one attached hydrogen (secondary N) is 2. The number of H-pyrrole nitrogens is 1. The number of sulfonamides is 1. The molecule has 2 aromatic carbocycles. The van der Waals surface area contributed by atoms with E-state index in [4.69, 9.17) is 0 Å². The molecule has 5 aromatic rings. The maximum Gasteiger partial charge on any atom is 0.241 e. The van der Waals surface area contributed by atoms with Crippen molar-refractivity contribution in [3.05, 3.63) is 93.7 Å². The van der Waals surface area contributed by atoms with Crippen molar-refractivity contribution in [1.82, 2.24) is 29.7 Å². The second kappa shape index (κ2) is 9.44. The lowest BCUT2D eigenvalue weighted by Gasteiger charge is -2.06. The first-order valence-corrected chi connectivity index (χ1v) is 14.0. The molecule has 8 nitrogen and oxygen atoms in total. The van der Waals surface area contributed by atoms with Crippen LogP contribution in [0.3, 0.4) is 0 Å². The number of hydrogen-bond donors (Lipinski definition) is 2. The number of fused-ring (bicyclic) bond motifs is 3. The van der Waals surface area contributed by atoms with Gasteiger partial charge >= 0.3 is 0 Å². The van der Waals surface area contributed by atoms with E-state index in [-0.39, 0.29) is 11.4 Å². The van der Waals surface area contributed by atoms with E-state index in [0.29, 0.717) is 12.1 Å². The monoisotopic (exact) mass is 526 g/mol. The molecular weight excluding hydrogens is 504 g/mol. The smallest absolute Gasteiger partial charge is 0.241 e. The summed E-state index contributed by atoms with van der Waals surface area (Å²) in [6.07, 6.45) is 4.06. The summed E-state index contributed by atoms with van der Waals surface area (Å²) in [4.78, 5) is 5.14. The summed E-state index contributed by atoms with van der Waals surface area (Å²) >= 11 is 1.52. The molecule has 37 heavy (non-hydrogen) atoms. The highest BCUT2D eigenvalue weighted by Crippen LogP contribution is 2.41. The quantitative estimate of drug-likeness (QED) is 0.319. The van der Waals surface area contributed by atoms with Crippen molar-refractivity contribution in [1.29, 1.82) is 0 Å². The van der Waals surface area contributed by atoms with E-state index in [9.17, 15) is 8.42 Å². The van der Waals surface area contributed by atoms with Gasteiger partial charge in [0, 0.05) is 28.5 Å². The lowest BCUT2D eigenvalue weighted by atomic mass is 10.1. The molecule has 0 amide bonds. The van der Waals surface area contributed by atoms with Crippen LogP contribution in [0, 0.1) is 18.8 Å². The second-order valence-corrected chi connectivity index (χ2v) is 11.4. The minimum absolute atomic E-state index is 0.0357. The normalized spacial score (nSPS) is 12.1. The Hall–Kier alpha value is -4.04. The Balaban J connectivity index is 1.15. The number of nitrogens with zero attached hydrogens (tertiary/aromatic N) is 4. The molecule has 1 aliphatic rings. The van der Waals surface area contributed by atoms with E-state index in [1.807, 2.05) is 22.2 Å². The van der Waals surface area contributed by atoms with Crippen molar-refractivity contribution in [2.24, 2.45) is 0 Å². The predicted molar refractivity (Wildman–Crippen MR) is 143 cm³/mol. The van der Waals surface area contributed by atoms with Crippen molar-refractivity contribution in [2.75, 3.05) is 6.54 Å². The Kier molecular flexibility index (Phi) is 5.96. The van der Waals surface area contributed by atoms with Gasteiger partial charge in [-0.2, -0.15) is 14.9 Å². The van der Waals surface area contributed by atoms with E-state index in [1.165, 1.54) is 33.6 Å². The summed E-state index contributed by atoms with van der Waals surface area (Å²) in [7, 11) is -3.60. The molecule has 184 valence electrons. The molecule has 0 aliphatic heterocycles. The van der Waals surface area contributed by atoms with Crippen LogP contribution in [0.25, 0.3) is 22.5 Å². The first-order valence-electron chi connectivity index (χ1n) is 11.6. The molecule has 3 aromatic heterocycles. The van der Waals surface area contributed by atoms with Crippen molar-refractivity contribution >= 4 is 21.4 Å². The molecule has 0 atom stereocenters. The molecule has 2 N–H and O–H groups in total. The highest BCUT2D eigenvalue weighted by Gasteiger charge is 2.25. The van der Waals surface area contributed by atoms with Crippen LogP contribution < -0.4 is 4.72 Å². The highest BCUT2D eigenvalue weighted by atomic mass is 32.2. The van der Waals surface area contributed by atoms with Crippen molar-refractivity contribution < 1.29 is 8.42 Å². The molecule has 0 bridgehead atoms. The summed E-state index contributed by atoms with van der Waals surface area (Å²) in [6, 6.07) is 15.4. The lowest BCUT2D eigenvalue weighted by Crippen LogP contribution is -2.24. The van der Waals surface area contributed by atoms with Crippen LogP contribution in [-0.4, -0.2) is 39.9 Å². The van der Waals surface area contributed by atoms with Crippen LogP contribution in [0.4, 0.5) is 0 Å². The maximum atomic E-state index is 12.5. The summed E-state index contributed by atoms with van der Waals surface area (Å²) < 4.78 is 29.4. The van der Waals surface area contributed by atoms with Crippen LogP contribution in [0.15, 0.2) is 71.5 Å². The first-order chi connectivity index (χ1) is 18.0. The van der Waals surface area contributed by atoms with Gasteiger partial charge < -0.3 is 0 Å². The van der Waals surface area contributed by atoms with Gasteiger partial charge in [-0.3, -0.25) is 5.10 Å². The van der Waals surface area contributed by atoms with E-state index in [1.54, 1.807) is 37.8 Å². The highest BCUT2D eigenvalue weighted by molar-refractivity contribution is 7.89. The van der Waals surface area contributed by atoms with Crippen LogP contribution >= 0.6 is 11.3 Å². The molecule has 6 rings (SSSR count). The molecule has 0 unspecified atom stereocenters. The van der Waals surface area contributed by atoms with Gasteiger partial charge in [-0.05, 0) is 35.7 Å². The third kappa shape index (κ3) is 4.60. The Labute approximate surface area is 218 Å². The van der Waals surface area contributed by atoms with Gasteiger partial charge in [-0.15, -0.1) is 11.3 Å². The Morgan fingerprint density at radius 2 is 2.08 bits per heavy atom. The molecule has 0 fully saturated rings. The summed E-state index contributed by atoms with van der Waals surface area (Å²) in [6.45, 7) is 2.49. The van der Waals surface area contributed by atoms with E-state index in [0.717, 1.165) is 28.2 Å². The van der Waals surface area contributed by atoms with Crippen LogP contribution in [0.5, 0.6) is 0 Å². The number of aromatic amines is 1. The van der Waals surface area contributed by atoms with Gasteiger partial charge in [0.25, 0.3) is 0 Å². The Bertz CT molecular complexity index is 1770. The van der Waals surface area contributed by atoms with Crippen molar-refractivity contribution in [3.63, 3.8) is 0 Å². The zero-order valence-electron chi connectivity index (χ0n) is 19.9. The van der Waals surface area contributed by atoms with Gasteiger partial charge in [-0.25, -0.2) is 18.1 Å². The Morgan fingerprint density at radius 3 is 2.92 bits per heavy atom. The van der Waals surface area contributed by atoms with E-state index >= 15 is 0 Å². The average Bonchev–Trinajstić information content (AvgIpc) is 3.67. The number of hydrogen-bond acceptors (Lipinski definition) is 6. The summed E-state index contributed by atoms with van der Waals surface area (Å²) in [5.41, 5.74) is 8.47. The largest absolute Gasteiger partial charge is 0.277 e. The molecule has 1 aliphatic carbocycles. The third-order valence-corrected chi connectivity index (χ3v) is 8.71. The fourth-order valence-electron chi connectivity index (χ4n) is 4.55. The van der Waals surface area contributed by atoms with Gasteiger partial charge in [0.1, 0.15) is 12.7 Å². The van der Waals surface area contributed by atoms with Gasteiger partial charge in [0.2, 0.25) is 10.0 Å². The van der Waals surface area contributed by atoms with Gasteiger partial charge in [0.05, 0.1) is 34.2 Å². The maximum absolute atomic E-state index is 12.5. The van der Waals surface area contributed by atoms with Gasteiger partial charge in [-0.1, -0.05) is 48.2 Å². The van der Waals surface area contributed by atoms with Crippen molar-refractivity contribution in [2.45, 2.75) is 24.8 Å². The van der Waals surface area contributed by atoms with Crippen molar-refractivity contribution in [3.8, 4) is 34.4 Å². The second-order valence-electron chi connectivity index (χ2n) is 8.78. The van der Waals surface area contributed by atoms with Gasteiger partial charge in [0.15, 0.2) is 0 Å². The molecule has 3 heterocycles. The third-order valence-electron chi connectivity index (χ3n) is 6.30. The molecular formula is C27H22N6O2S2. The fraction of sp³-hybridized carbons (Fsp3) is 0.148. The lowest BCUT2D eigenvalue weighted by molar-refractivity contribution is 0.585. The molecule has 0 saturated carbocycles. The SMILES string of the molecule is Cc1ccccc1S(=O)(=O)NCC#Cc1cc(-c2n[nH]c3c2Cc2cc(Cn4cncn4)ccc2-3)cs1. The Morgan fingerprint density at radius 1 is 1.19 bits per heavy atom. The topological polar surface area (TPSA) is 106 Å². The first kappa shape index (κ1) is 23.4. The molecule has 0 saturated heterocycles. The number of aromatic nitrogens is 5. The summed E-state index contributed by atoms with van der Waals surface area (Å²) in [5, 5.41) is 14.0. The predicted octanol–water partition coefficient (Wildman–Crippen LogP) is 3.99. The number of rotatable bonds is 6. The molecule has 10 heteroatoms. The minimum Gasteiger partial charge on any atom is -0.277 e. The number of benzene rings is 2. The van der Waals surface area contributed by atoms with Crippen LogP contribution in [-0.2, 0) is 23.0 Å². The molecule has 0 spiro atoms. The fourth-order valence-corrected chi connectivity index (χ4v) is 6.48. The average molecular weight is 527 g/mol. The molecule has 0 radical (unpaired) electrons. The number of aryl methyl sites for hydroxylation is 1. The van der Waals surface area contributed by atoms with E-state index in [2.05, 4.69) is 55.0 Å².